The number of thiol groups is 1. The SMILES string of the molecule is O=C(O)c1ccnc(C#CCCS)c1F. The summed E-state index contributed by atoms with van der Waals surface area (Å²) in [5, 5.41) is 8.63. The molecule has 5 heteroatoms. The van der Waals surface area contributed by atoms with E-state index in [4.69, 9.17) is 5.11 Å². The third-order valence-corrected chi connectivity index (χ3v) is 1.79. The van der Waals surface area contributed by atoms with Crippen molar-refractivity contribution in [3.63, 3.8) is 0 Å². The van der Waals surface area contributed by atoms with E-state index in [0.717, 1.165) is 6.07 Å². The first-order valence-electron chi connectivity index (χ1n) is 4.14. The van der Waals surface area contributed by atoms with Gasteiger partial charge in [0.05, 0.1) is 5.56 Å². The summed E-state index contributed by atoms with van der Waals surface area (Å²) in [6.45, 7) is 0. The molecule has 15 heavy (non-hydrogen) atoms. The Morgan fingerprint density at radius 2 is 2.40 bits per heavy atom. The van der Waals surface area contributed by atoms with Crippen molar-refractivity contribution < 1.29 is 14.3 Å². The van der Waals surface area contributed by atoms with Crippen LogP contribution in [0, 0.1) is 17.7 Å². The van der Waals surface area contributed by atoms with Gasteiger partial charge in [-0.2, -0.15) is 12.6 Å². The molecule has 0 amide bonds. The van der Waals surface area contributed by atoms with Gasteiger partial charge in [0.1, 0.15) is 5.69 Å². The summed E-state index contributed by atoms with van der Waals surface area (Å²) < 4.78 is 13.4. The molecule has 0 aliphatic rings. The lowest BCUT2D eigenvalue weighted by molar-refractivity contribution is 0.0691. The van der Waals surface area contributed by atoms with Gasteiger partial charge in [-0.1, -0.05) is 5.92 Å². The molecule has 0 radical (unpaired) electrons. The van der Waals surface area contributed by atoms with Crippen LogP contribution in [0.2, 0.25) is 0 Å². The highest BCUT2D eigenvalue weighted by Crippen LogP contribution is 2.09. The second kappa shape index (κ2) is 5.37. The Labute approximate surface area is 91.8 Å². The number of carboxylic acids is 1. The predicted octanol–water partition coefficient (Wildman–Crippen LogP) is 1.59. The Kier molecular flexibility index (Phi) is 4.13. The Hall–Kier alpha value is -1.54. The van der Waals surface area contributed by atoms with Crippen molar-refractivity contribution in [3.8, 4) is 11.8 Å². The van der Waals surface area contributed by atoms with Gasteiger partial charge in [0.25, 0.3) is 0 Å². The molecule has 1 N–H and O–H groups in total. The van der Waals surface area contributed by atoms with E-state index < -0.39 is 17.3 Å². The number of nitrogens with zero attached hydrogens (tertiary/aromatic N) is 1. The number of hydrogen-bond donors (Lipinski definition) is 2. The second-order valence-corrected chi connectivity index (χ2v) is 3.05. The molecular formula is C10H8FNO2S. The van der Waals surface area contributed by atoms with Crippen LogP contribution < -0.4 is 0 Å². The molecule has 0 aliphatic heterocycles. The van der Waals surface area contributed by atoms with Gasteiger partial charge in [0.2, 0.25) is 0 Å². The zero-order valence-corrected chi connectivity index (χ0v) is 8.59. The molecular weight excluding hydrogens is 217 g/mol. The van der Waals surface area contributed by atoms with Gasteiger partial charge in [-0.25, -0.2) is 14.2 Å². The molecule has 1 aromatic rings. The molecule has 0 aromatic carbocycles. The average Bonchev–Trinajstić information content (AvgIpc) is 2.20. The van der Waals surface area contributed by atoms with E-state index in [2.05, 4.69) is 29.5 Å². The highest BCUT2D eigenvalue weighted by Gasteiger charge is 2.13. The van der Waals surface area contributed by atoms with Crippen LogP contribution in [-0.4, -0.2) is 21.8 Å². The van der Waals surface area contributed by atoms with E-state index in [0.29, 0.717) is 12.2 Å². The standard InChI is InChI=1S/C10H8FNO2S/c11-9-7(10(13)14)4-5-12-8(9)3-1-2-6-15/h4-5,15H,2,6H2,(H,13,14). The van der Waals surface area contributed by atoms with Crippen molar-refractivity contribution >= 4 is 18.6 Å². The largest absolute Gasteiger partial charge is 0.478 e. The number of halogens is 1. The fraction of sp³-hybridized carbons (Fsp3) is 0.200. The molecule has 1 heterocycles. The van der Waals surface area contributed by atoms with Crippen LogP contribution >= 0.6 is 12.6 Å². The van der Waals surface area contributed by atoms with Crippen LogP contribution in [0.3, 0.4) is 0 Å². The minimum absolute atomic E-state index is 0.142. The first-order chi connectivity index (χ1) is 7.16. The molecule has 0 saturated carbocycles. The lowest BCUT2D eigenvalue weighted by Gasteiger charge is -1.97. The van der Waals surface area contributed by atoms with E-state index in [-0.39, 0.29) is 5.69 Å². The molecule has 3 nitrogen and oxygen atoms in total. The first kappa shape index (κ1) is 11.5. The summed E-state index contributed by atoms with van der Waals surface area (Å²) >= 11 is 3.94. The normalized spacial score (nSPS) is 9.20. The first-order valence-corrected chi connectivity index (χ1v) is 4.77. The summed E-state index contributed by atoms with van der Waals surface area (Å²) in [5.41, 5.74) is -0.558. The maximum absolute atomic E-state index is 13.4. The molecule has 0 atom stereocenters. The van der Waals surface area contributed by atoms with Crippen LogP contribution in [0.1, 0.15) is 22.5 Å². The third-order valence-electron chi connectivity index (χ3n) is 1.56. The van der Waals surface area contributed by atoms with Crippen molar-refractivity contribution in [2.45, 2.75) is 6.42 Å². The van der Waals surface area contributed by atoms with E-state index >= 15 is 0 Å². The molecule has 1 aromatic heterocycles. The molecule has 0 aliphatic carbocycles. The molecule has 0 bridgehead atoms. The Morgan fingerprint density at radius 3 is 3.00 bits per heavy atom. The smallest absolute Gasteiger partial charge is 0.338 e. The van der Waals surface area contributed by atoms with Crippen LogP contribution in [0.15, 0.2) is 12.3 Å². The average molecular weight is 225 g/mol. The fourth-order valence-corrected chi connectivity index (χ4v) is 1.01. The van der Waals surface area contributed by atoms with Crippen molar-refractivity contribution in [1.29, 1.82) is 0 Å². The van der Waals surface area contributed by atoms with Crippen molar-refractivity contribution in [2.75, 3.05) is 5.75 Å². The number of aromatic nitrogens is 1. The molecule has 0 fully saturated rings. The van der Waals surface area contributed by atoms with Gasteiger partial charge < -0.3 is 5.11 Å². The zero-order chi connectivity index (χ0) is 11.3. The molecule has 0 saturated heterocycles. The van der Waals surface area contributed by atoms with E-state index in [1.54, 1.807) is 0 Å². The number of carbonyl (C=O) groups is 1. The van der Waals surface area contributed by atoms with E-state index in [1.165, 1.54) is 6.20 Å². The number of carboxylic acid groups (broad SMARTS) is 1. The highest BCUT2D eigenvalue weighted by atomic mass is 32.1. The summed E-state index contributed by atoms with van der Waals surface area (Å²) in [4.78, 5) is 14.2. The van der Waals surface area contributed by atoms with Gasteiger partial charge in [-0.05, 0) is 12.0 Å². The third kappa shape index (κ3) is 2.96. The number of hydrogen-bond acceptors (Lipinski definition) is 3. The monoisotopic (exact) mass is 225 g/mol. The molecule has 0 spiro atoms. The van der Waals surface area contributed by atoms with Crippen LogP contribution in [-0.2, 0) is 0 Å². The summed E-state index contributed by atoms with van der Waals surface area (Å²) in [7, 11) is 0. The van der Waals surface area contributed by atoms with E-state index in [1.807, 2.05) is 0 Å². The molecule has 78 valence electrons. The van der Waals surface area contributed by atoms with Crippen LogP contribution in [0.5, 0.6) is 0 Å². The minimum atomic E-state index is -1.33. The lowest BCUT2D eigenvalue weighted by atomic mass is 10.2. The van der Waals surface area contributed by atoms with Crippen LogP contribution in [0.4, 0.5) is 4.39 Å². The lowest BCUT2D eigenvalue weighted by Crippen LogP contribution is -2.03. The number of aromatic carboxylic acids is 1. The quantitative estimate of drug-likeness (QED) is 0.593. The number of pyridine rings is 1. The molecule has 0 unspecified atom stereocenters. The number of rotatable bonds is 2. The Morgan fingerprint density at radius 1 is 1.67 bits per heavy atom. The van der Waals surface area contributed by atoms with Gasteiger partial charge in [0, 0.05) is 18.4 Å². The van der Waals surface area contributed by atoms with Gasteiger partial charge in [0.15, 0.2) is 5.82 Å². The summed E-state index contributed by atoms with van der Waals surface area (Å²) in [6.07, 6.45) is 1.72. The zero-order valence-electron chi connectivity index (χ0n) is 7.70. The van der Waals surface area contributed by atoms with Gasteiger partial charge in [-0.3, -0.25) is 0 Å². The highest BCUT2D eigenvalue weighted by molar-refractivity contribution is 7.80. The Bertz CT molecular complexity index is 437. The van der Waals surface area contributed by atoms with Crippen LogP contribution in [0.25, 0.3) is 0 Å². The summed E-state index contributed by atoms with van der Waals surface area (Å²) in [6, 6.07) is 1.10. The minimum Gasteiger partial charge on any atom is -0.478 e. The second-order valence-electron chi connectivity index (χ2n) is 2.60. The van der Waals surface area contributed by atoms with E-state index in [9.17, 15) is 9.18 Å². The van der Waals surface area contributed by atoms with Gasteiger partial charge in [-0.15, -0.1) is 0 Å². The molecule has 1 rings (SSSR count). The van der Waals surface area contributed by atoms with Crippen molar-refractivity contribution in [2.24, 2.45) is 0 Å². The predicted molar refractivity (Wildman–Crippen MR) is 56.5 cm³/mol. The fourth-order valence-electron chi connectivity index (χ4n) is 0.898. The summed E-state index contributed by atoms with van der Waals surface area (Å²) in [5.74, 6) is 3.44. The topological polar surface area (TPSA) is 50.2 Å². The Balaban J connectivity index is 3.06. The van der Waals surface area contributed by atoms with Gasteiger partial charge >= 0.3 is 5.97 Å². The maximum atomic E-state index is 13.4. The van der Waals surface area contributed by atoms with Crippen molar-refractivity contribution in [3.05, 3.63) is 29.3 Å². The maximum Gasteiger partial charge on any atom is 0.338 e. The van der Waals surface area contributed by atoms with Crippen molar-refractivity contribution in [1.82, 2.24) is 4.98 Å².